The van der Waals surface area contributed by atoms with Crippen LogP contribution in [0.5, 0.6) is 0 Å². The summed E-state index contributed by atoms with van der Waals surface area (Å²) in [5, 5.41) is 0. The summed E-state index contributed by atoms with van der Waals surface area (Å²) < 4.78 is 16.7. The fourth-order valence-corrected chi connectivity index (χ4v) is 4.52. The zero-order chi connectivity index (χ0) is 21.0. The monoisotopic (exact) mass is 388 g/mol. The number of fused-ring (bicyclic) bond motifs is 3. The van der Waals surface area contributed by atoms with E-state index in [1.807, 2.05) is 6.92 Å². The first-order valence-corrected chi connectivity index (χ1v) is 9.16. The number of hydrogen-bond donors (Lipinski definition) is 0. The number of carbonyl (C=O) groups excluding carboxylic acids is 4. The highest BCUT2D eigenvalue weighted by Crippen LogP contribution is 2.51. The van der Waals surface area contributed by atoms with Gasteiger partial charge in [-0.15, -0.1) is 0 Å². The molecule has 3 rings (SSSR count). The number of ether oxygens (including phenoxy) is 3. The van der Waals surface area contributed by atoms with Gasteiger partial charge < -0.3 is 14.2 Å². The van der Waals surface area contributed by atoms with Crippen molar-refractivity contribution in [2.75, 3.05) is 0 Å². The molecule has 0 unspecified atom stereocenters. The molecule has 0 aromatic heterocycles. The molecule has 0 saturated carbocycles. The van der Waals surface area contributed by atoms with Gasteiger partial charge in [-0.1, -0.05) is 17.7 Å². The van der Waals surface area contributed by atoms with Crippen LogP contribution in [0.3, 0.4) is 0 Å². The van der Waals surface area contributed by atoms with Crippen LogP contribution >= 0.6 is 0 Å². The molecule has 0 aromatic carbocycles. The molecule has 0 radical (unpaired) electrons. The molecule has 7 nitrogen and oxygen atoms in total. The second-order valence-electron chi connectivity index (χ2n) is 7.95. The Labute approximate surface area is 163 Å². The van der Waals surface area contributed by atoms with E-state index < -0.39 is 47.6 Å². The van der Waals surface area contributed by atoms with Crippen molar-refractivity contribution in [2.45, 2.75) is 58.8 Å². The van der Waals surface area contributed by atoms with Crippen molar-refractivity contribution in [3.8, 4) is 0 Å². The van der Waals surface area contributed by atoms with Crippen LogP contribution in [0, 0.1) is 11.8 Å². The summed E-state index contributed by atoms with van der Waals surface area (Å²) in [5.41, 5.74) is 0.569. The molecule has 0 bridgehead atoms. The van der Waals surface area contributed by atoms with Crippen LogP contribution in [-0.4, -0.2) is 41.5 Å². The smallest absolute Gasteiger partial charge is 0.351 e. The molecule has 0 spiro atoms. The van der Waals surface area contributed by atoms with Gasteiger partial charge in [0.2, 0.25) is 5.60 Å². The lowest BCUT2D eigenvalue weighted by Crippen LogP contribution is -2.50. The zero-order valence-electron chi connectivity index (χ0n) is 16.7. The van der Waals surface area contributed by atoms with Gasteiger partial charge in [0.25, 0.3) is 0 Å². The third kappa shape index (κ3) is 2.99. The minimum absolute atomic E-state index is 0.134. The third-order valence-electron chi connectivity index (χ3n) is 5.73. The fourth-order valence-electron chi connectivity index (χ4n) is 4.52. The SMILES string of the molecule is C=C(C)C(=O)O[C@]1(C)C(=O)O[C@H]2[C@@H]3C(C)=CC(=O)C3=C(C)C[C@@H](OC(C)=O)[C@@H]21. The van der Waals surface area contributed by atoms with Crippen molar-refractivity contribution in [1.82, 2.24) is 0 Å². The molecule has 0 aromatic rings. The molecular weight excluding hydrogens is 364 g/mol. The predicted molar refractivity (Wildman–Crippen MR) is 97.8 cm³/mol. The predicted octanol–water partition coefficient (Wildman–Crippen LogP) is 2.20. The molecule has 3 aliphatic rings. The van der Waals surface area contributed by atoms with E-state index in [9.17, 15) is 19.2 Å². The first-order valence-electron chi connectivity index (χ1n) is 9.16. The van der Waals surface area contributed by atoms with Crippen molar-refractivity contribution in [1.29, 1.82) is 0 Å². The minimum Gasteiger partial charge on any atom is -0.462 e. The second kappa shape index (κ2) is 6.72. The molecule has 1 fully saturated rings. The van der Waals surface area contributed by atoms with Crippen molar-refractivity contribution >= 4 is 23.7 Å². The highest BCUT2D eigenvalue weighted by Gasteiger charge is 2.65. The van der Waals surface area contributed by atoms with Gasteiger partial charge in [-0.25, -0.2) is 9.59 Å². The molecule has 5 atom stereocenters. The van der Waals surface area contributed by atoms with Gasteiger partial charge in [0, 0.05) is 30.4 Å². The van der Waals surface area contributed by atoms with Gasteiger partial charge in [-0.2, -0.15) is 0 Å². The van der Waals surface area contributed by atoms with E-state index in [1.54, 1.807) is 6.92 Å². The van der Waals surface area contributed by atoms with Gasteiger partial charge in [-0.3, -0.25) is 9.59 Å². The minimum atomic E-state index is -1.66. The summed E-state index contributed by atoms with van der Waals surface area (Å²) in [6.07, 6.45) is 0.220. The van der Waals surface area contributed by atoms with Crippen molar-refractivity contribution < 1.29 is 33.4 Å². The van der Waals surface area contributed by atoms with Crippen LogP contribution in [0.2, 0.25) is 0 Å². The number of hydrogen-bond acceptors (Lipinski definition) is 7. The van der Waals surface area contributed by atoms with E-state index in [-0.39, 0.29) is 17.8 Å². The molecule has 1 heterocycles. The Morgan fingerprint density at radius 3 is 2.46 bits per heavy atom. The van der Waals surface area contributed by atoms with Crippen LogP contribution < -0.4 is 0 Å². The maximum absolute atomic E-state index is 12.8. The van der Waals surface area contributed by atoms with Crippen LogP contribution in [0.1, 0.15) is 41.0 Å². The van der Waals surface area contributed by atoms with E-state index in [2.05, 4.69) is 6.58 Å². The van der Waals surface area contributed by atoms with Crippen LogP contribution in [-0.2, 0) is 33.4 Å². The normalized spacial score (nSPS) is 34.1. The van der Waals surface area contributed by atoms with Crippen LogP contribution in [0.15, 0.2) is 34.9 Å². The number of esters is 3. The fraction of sp³-hybridized carbons (Fsp3) is 0.524. The summed E-state index contributed by atoms with van der Waals surface area (Å²) in [7, 11) is 0. The molecule has 7 heteroatoms. The lowest BCUT2D eigenvalue weighted by molar-refractivity contribution is -0.175. The zero-order valence-corrected chi connectivity index (χ0v) is 16.7. The average Bonchev–Trinajstić information content (AvgIpc) is 2.94. The summed E-state index contributed by atoms with van der Waals surface area (Å²) in [6, 6.07) is 0. The van der Waals surface area contributed by atoms with Crippen molar-refractivity contribution in [3.05, 3.63) is 34.9 Å². The first-order chi connectivity index (χ1) is 13.0. The van der Waals surface area contributed by atoms with Crippen LogP contribution in [0.4, 0.5) is 0 Å². The maximum atomic E-state index is 12.8. The molecule has 150 valence electrons. The Kier molecular flexibility index (Phi) is 4.81. The van der Waals surface area contributed by atoms with E-state index >= 15 is 0 Å². The Bertz CT molecular complexity index is 862. The number of rotatable bonds is 3. The number of ketones is 1. The highest BCUT2D eigenvalue weighted by atomic mass is 16.6. The standard InChI is InChI=1S/C21H24O7/c1-9(2)19(24)28-21(6)17-14(26-12(5)22)8-11(4)15-13(23)7-10(3)16(15)18(17)27-20(21)25/h7,14,16-18H,1,8H2,2-6H3/t14-,16-,17+,18+,21+/m1/s1. The van der Waals surface area contributed by atoms with E-state index in [4.69, 9.17) is 14.2 Å². The Morgan fingerprint density at radius 1 is 1.25 bits per heavy atom. The molecule has 28 heavy (non-hydrogen) atoms. The van der Waals surface area contributed by atoms with E-state index in [0.29, 0.717) is 5.57 Å². The first kappa shape index (κ1) is 20.0. The molecule has 2 aliphatic carbocycles. The summed E-state index contributed by atoms with van der Waals surface area (Å²) >= 11 is 0. The van der Waals surface area contributed by atoms with Gasteiger partial charge in [0.15, 0.2) is 5.78 Å². The topological polar surface area (TPSA) is 96.0 Å². The van der Waals surface area contributed by atoms with E-state index in [1.165, 1.54) is 26.8 Å². The van der Waals surface area contributed by atoms with Gasteiger partial charge in [-0.05, 0) is 33.8 Å². The van der Waals surface area contributed by atoms with Gasteiger partial charge in [0.05, 0.1) is 5.92 Å². The van der Waals surface area contributed by atoms with Crippen molar-refractivity contribution in [3.63, 3.8) is 0 Å². The highest BCUT2D eigenvalue weighted by molar-refractivity contribution is 6.09. The van der Waals surface area contributed by atoms with Crippen molar-refractivity contribution in [2.24, 2.45) is 11.8 Å². The average molecular weight is 388 g/mol. The lowest BCUT2D eigenvalue weighted by Gasteiger charge is -2.34. The van der Waals surface area contributed by atoms with Gasteiger partial charge in [0.1, 0.15) is 12.2 Å². The molecular formula is C21H24O7. The third-order valence-corrected chi connectivity index (χ3v) is 5.73. The number of carbonyl (C=O) groups is 4. The van der Waals surface area contributed by atoms with E-state index in [0.717, 1.165) is 11.1 Å². The second-order valence-corrected chi connectivity index (χ2v) is 7.95. The quantitative estimate of drug-likeness (QED) is 0.415. The molecule has 1 aliphatic heterocycles. The largest absolute Gasteiger partial charge is 0.462 e. The van der Waals surface area contributed by atoms with Gasteiger partial charge >= 0.3 is 17.9 Å². The number of allylic oxidation sites excluding steroid dienone is 1. The summed E-state index contributed by atoms with van der Waals surface area (Å²) in [4.78, 5) is 49.4. The molecule has 0 amide bonds. The molecule has 0 N–H and O–H groups in total. The maximum Gasteiger partial charge on any atom is 0.351 e. The Balaban J connectivity index is 2.13. The summed E-state index contributed by atoms with van der Waals surface area (Å²) in [5.74, 6) is -3.33. The lowest BCUT2D eigenvalue weighted by atomic mass is 9.77. The molecule has 1 saturated heterocycles. The summed E-state index contributed by atoms with van der Waals surface area (Å²) in [6.45, 7) is 11.4. The Morgan fingerprint density at radius 2 is 1.89 bits per heavy atom. The Hall–Kier alpha value is -2.70. The van der Waals surface area contributed by atoms with Crippen LogP contribution in [0.25, 0.3) is 0 Å².